The molecule has 0 radical (unpaired) electrons. The van der Waals surface area contributed by atoms with E-state index in [-0.39, 0.29) is 31.2 Å². The van der Waals surface area contributed by atoms with E-state index < -0.39 is 24.0 Å². The second kappa shape index (κ2) is 10.6. The first kappa shape index (κ1) is 23.0. The number of carboxylic acids is 1. The van der Waals surface area contributed by atoms with Gasteiger partial charge >= 0.3 is 12.1 Å². The molecular formula is C24H26N2O6. The number of rotatable bonds is 9. The average molecular weight is 438 g/mol. The first-order valence-electron chi connectivity index (χ1n) is 10.2. The third-order valence-corrected chi connectivity index (χ3v) is 5.29. The van der Waals surface area contributed by atoms with Crippen LogP contribution >= 0.6 is 0 Å². The molecule has 2 aromatic carbocycles. The van der Waals surface area contributed by atoms with Crippen molar-refractivity contribution in [2.45, 2.75) is 18.9 Å². The van der Waals surface area contributed by atoms with Crippen molar-refractivity contribution in [1.82, 2.24) is 10.6 Å². The van der Waals surface area contributed by atoms with Crippen LogP contribution in [0.2, 0.25) is 0 Å². The van der Waals surface area contributed by atoms with Crippen molar-refractivity contribution in [1.29, 1.82) is 0 Å². The normalized spacial score (nSPS) is 13.6. The molecule has 0 aliphatic heterocycles. The van der Waals surface area contributed by atoms with Gasteiger partial charge in [-0.1, -0.05) is 54.6 Å². The van der Waals surface area contributed by atoms with Gasteiger partial charge in [-0.05, 0) is 29.2 Å². The Morgan fingerprint density at radius 2 is 1.66 bits per heavy atom. The molecule has 2 aromatic rings. The van der Waals surface area contributed by atoms with Gasteiger partial charge < -0.3 is 25.2 Å². The van der Waals surface area contributed by atoms with Crippen LogP contribution in [0, 0.1) is 0 Å². The molecule has 3 N–H and O–H groups in total. The molecule has 1 atom stereocenters. The number of fused-ring (bicyclic) bond motifs is 3. The Labute approximate surface area is 186 Å². The van der Waals surface area contributed by atoms with Gasteiger partial charge in [-0.25, -0.2) is 9.59 Å². The van der Waals surface area contributed by atoms with E-state index in [0.29, 0.717) is 0 Å². The maximum Gasteiger partial charge on any atom is 0.407 e. The van der Waals surface area contributed by atoms with Gasteiger partial charge in [-0.15, -0.1) is 0 Å². The number of carbonyl (C=O) groups is 3. The minimum absolute atomic E-state index is 0.0371. The maximum atomic E-state index is 12.2. The quantitative estimate of drug-likeness (QED) is 0.519. The summed E-state index contributed by atoms with van der Waals surface area (Å²) in [4.78, 5) is 35.4. The molecule has 3 rings (SSSR count). The van der Waals surface area contributed by atoms with Gasteiger partial charge in [0.05, 0.1) is 6.61 Å². The summed E-state index contributed by atoms with van der Waals surface area (Å²) in [7, 11) is 1.35. The van der Waals surface area contributed by atoms with Crippen LogP contribution in [0.4, 0.5) is 4.79 Å². The number of carboxylic acid groups (broad SMARTS) is 1. The summed E-state index contributed by atoms with van der Waals surface area (Å²) in [5.41, 5.74) is 4.81. The van der Waals surface area contributed by atoms with E-state index in [0.717, 1.165) is 22.3 Å². The maximum absolute atomic E-state index is 12.2. The van der Waals surface area contributed by atoms with E-state index in [2.05, 4.69) is 22.8 Å². The number of methoxy groups -OCH3 is 1. The Bertz CT molecular complexity index is 987. The number of amides is 2. The number of alkyl carbamates (subject to hydrolysis) is 1. The zero-order chi connectivity index (χ0) is 23.1. The molecular weight excluding hydrogens is 412 g/mol. The number of hydrogen-bond donors (Lipinski definition) is 3. The molecule has 8 heteroatoms. The number of benzene rings is 2. The number of ether oxygens (including phenoxy) is 2. The van der Waals surface area contributed by atoms with E-state index in [1.54, 1.807) is 0 Å². The SMILES string of the molecule is COCC(NC(=O)/C(C)=C/CNC(=O)OCC1c2ccccc2-c2ccccc21)C(=O)O. The minimum atomic E-state index is -1.19. The van der Waals surface area contributed by atoms with E-state index in [1.807, 2.05) is 36.4 Å². The number of hydrogen-bond acceptors (Lipinski definition) is 5. The van der Waals surface area contributed by atoms with Crippen LogP contribution in [0.5, 0.6) is 0 Å². The highest BCUT2D eigenvalue weighted by Crippen LogP contribution is 2.44. The topological polar surface area (TPSA) is 114 Å². The summed E-state index contributed by atoms with van der Waals surface area (Å²) >= 11 is 0. The van der Waals surface area contributed by atoms with E-state index in [4.69, 9.17) is 14.6 Å². The van der Waals surface area contributed by atoms with Crippen molar-refractivity contribution in [3.8, 4) is 11.1 Å². The van der Waals surface area contributed by atoms with Crippen LogP contribution in [0.1, 0.15) is 24.0 Å². The third-order valence-electron chi connectivity index (χ3n) is 5.29. The summed E-state index contributed by atoms with van der Waals surface area (Å²) in [5, 5.41) is 14.0. The Morgan fingerprint density at radius 1 is 1.06 bits per heavy atom. The predicted octanol–water partition coefficient (Wildman–Crippen LogP) is 2.69. The number of nitrogens with one attached hydrogen (secondary N) is 2. The highest BCUT2D eigenvalue weighted by atomic mass is 16.5. The van der Waals surface area contributed by atoms with Crippen LogP contribution in [-0.4, -0.2) is 56.0 Å². The average Bonchev–Trinajstić information content (AvgIpc) is 3.11. The lowest BCUT2D eigenvalue weighted by Gasteiger charge is -2.15. The first-order valence-corrected chi connectivity index (χ1v) is 10.2. The standard InChI is InChI=1S/C24H26N2O6/c1-15(22(27)26-21(14-31-2)23(28)29)11-12-25-24(30)32-13-20-18-9-5-3-7-16(18)17-8-4-6-10-19(17)20/h3-11,20-21H,12-14H2,1-2H3,(H,25,30)(H,26,27)(H,28,29)/b15-11+. The van der Waals surface area contributed by atoms with E-state index >= 15 is 0 Å². The Kier molecular flexibility index (Phi) is 7.62. The zero-order valence-electron chi connectivity index (χ0n) is 18.0. The molecule has 1 aliphatic carbocycles. The predicted molar refractivity (Wildman–Crippen MR) is 118 cm³/mol. The van der Waals surface area contributed by atoms with Gasteiger partial charge in [0, 0.05) is 25.1 Å². The van der Waals surface area contributed by atoms with Crippen molar-refractivity contribution in [3.05, 3.63) is 71.3 Å². The Hall–Kier alpha value is -3.65. The lowest BCUT2D eigenvalue weighted by atomic mass is 9.98. The Balaban J connectivity index is 1.52. The summed E-state index contributed by atoms with van der Waals surface area (Å²) in [6.45, 7) is 1.64. The van der Waals surface area contributed by atoms with Crippen LogP contribution in [0.25, 0.3) is 11.1 Å². The largest absolute Gasteiger partial charge is 0.480 e. The number of aliphatic carboxylic acids is 1. The van der Waals surface area contributed by atoms with Gasteiger partial charge in [-0.2, -0.15) is 0 Å². The van der Waals surface area contributed by atoms with Crippen LogP contribution < -0.4 is 10.6 Å². The summed E-state index contributed by atoms with van der Waals surface area (Å²) in [5.74, 6) is -1.78. The molecule has 32 heavy (non-hydrogen) atoms. The molecule has 0 saturated heterocycles. The monoisotopic (exact) mass is 438 g/mol. The highest BCUT2D eigenvalue weighted by Gasteiger charge is 2.29. The second-order valence-electron chi connectivity index (χ2n) is 7.41. The molecule has 1 aliphatic rings. The van der Waals surface area contributed by atoms with Crippen molar-refractivity contribution < 1.29 is 29.0 Å². The fourth-order valence-corrected chi connectivity index (χ4v) is 3.64. The summed E-state index contributed by atoms with van der Waals surface area (Å²) in [6.07, 6.45) is 0.891. The van der Waals surface area contributed by atoms with Gasteiger partial charge in [0.15, 0.2) is 6.04 Å². The lowest BCUT2D eigenvalue weighted by molar-refractivity contribution is -0.142. The van der Waals surface area contributed by atoms with Gasteiger partial charge in [0.2, 0.25) is 5.91 Å². The van der Waals surface area contributed by atoms with Crippen LogP contribution in [-0.2, 0) is 19.1 Å². The van der Waals surface area contributed by atoms with Crippen molar-refractivity contribution in [2.75, 3.05) is 26.9 Å². The molecule has 168 valence electrons. The molecule has 0 bridgehead atoms. The molecule has 0 spiro atoms. The smallest absolute Gasteiger partial charge is 0.407 e. The van der Waals surface area contributed by atoms with Crippen molar-refractivity contribution in [3.63, 3.8) is 0 Å². The summed E-state index contributed by atoms with van der Waals surface area (Å²) in [6, 6.07) is 15.0. The van der Waals surface area contributed by atoms with Crippen LogP contribution in [0.3, 0.4) is 0 Å². The van der Waals surface area contributed by atoms with Gasteiger partial charge in [0.25, 0.3) is 0 Å². The molecule has 2 amide bonds. The van der Waals surface area contributed by atoms with Gasteiger partial charge in [-0.3, -0.25) is 4.79 Å². The number of carbonyl (C=O) groups excluding carboxylic acids is 2. The first-order chi connectivity index (χ1) is 15.4. The fraction of sp³-hybridized carbons (Fsp3) is 0.292. The highest BCUT2D eigenvalue weighted by molar-refractivity contribution is 5.95. The van der Waals surface area contributed by atoms with E-state index in [9.17, 15) is 14.4 Å². The summed E-state index contributed by atoms with van der Waals surface area (Å²) < 4.78 is 10.2. The minimum Gasteiger partial charge on any atom is -0.480 e. The van der Waals surface area contributed by atoms with Crippen molar-refractivity contribution >= 4 is 18.0 Å². The zero-order valence-corrected chi connectivity index (χ0v) is 18.0. The molecule has 1 unspecified atom stereocenters. The molecule has 8 nitrogen and oxygen atoms in total. The lowest BCUT2D eigenvalue weighted by Crippen LogP contribution is -2.44. The second-order valence-corrected chi connectivity index (χ2v) is 7.41. The van der Waals surface area contributed by atoms with Crippen molar-refractivity contribution in [2.24, 2.45) is 0 Å². The van der Waals surface area contributed by atoms with Crippen LogP contribution in [0.15, 0.2) is 60.2 Å². The van der Waals surface area contributed by atoms with Gasteiger partial charge in [0.1, 0.15) is 6.61 Å². The molecule has 0 fully saturated rings. The fourth-order valence-electron chi connectivity index (χ4n) is 3.64. The molecule has 0 saturated carbocycles. The molecule has 0 heterocycles. The molecule has 0 aromatic heterocycles. The Morgan fingerprint density at radius 3 is 2.22 bits per heavy atom. The van der Waals surface area contributed by atoms with E-state index in [1.165, 1.54) is 20.1 Å². The third kappa shape index (κ3) is 5.33.